The highest BCUT2D eigenvalue weighted by atomic mass is 79.9. The van der Waals surface area contributed by atoms with Gasteiger partial charge >= 0.3 is 0 Å². The second-order valence-corrected chi connectivity index (χ2v) is 8.68. The van der Waals surface area contributed by atoms with E-state index >= 15 is 0 Å². The minimum absolute atomic E-state index is 0.0754. The number of anilines is 1. The molecule has 1 N–H and O–H groups in total. The van der Waals surface area contributed by atoms with Gasteiger partial charge in [-0.3, -0.25) is 9.36 Å². The quantitative estimate of drug-likeness (QED) is 0.363. The first-order valence-electron chi connectivity index (χ1n) is 9.19. The van der Waals surface area contributed by atoms with Gasteiger partial charge in [0.25, 0.3) is 0 Å². The van der Waals surface area contributed by atoms with Gasteiger partial charge in [-0.25, -0.2) is 0 Å². The zero-order chi connectivity index (χ0) is 21.0. The molecule has 1 heterocycles. The van der Waals surface area contributed by atoms with Gasteiger partial charge in [-0.05, 0) is 44.0 Å². The zero-order valence-corrected chi connectivity index (χ0v) is 19.1. The first kappa shape index (κ1) is 21.3. The van der Waals surface area contributed by atoms with Crippen LogP contribution in [0.2, 0.25) is 0 Å². The number of hydrogen-bond donors (Lipinski definition) is 1. The summed E-state index contributed by atoms with van der Waals surface area (Å²) in [5.41, 5.74) is 5.07. The van der Waals surface area contributed by atoms with Gasteiger partial charge < -0.3 is 5.32 Å². The second-order valence-electron chi connectivity index (χ2n) is 6.82. The maximum absolute atomic E-state index is 12.5. The van der Waals surface area contributed by atoms with Crippen molar-refractivity contribution in [1.29, 1.82) is 0 Å². The summed E-state index contributed by atoms with van der Waals surface area (Å²) >= 11 is 4.85. The first-order valence-corrected chi connectivity index (χ1v) is 11.0. The van der Waals surface area contributed by atoms with Crippen molar-refractivity contribution in [3.63, 3.8) is 0 Å². The summed E-state index contributed by atoms with van der Waals surface area (Å²) in [7, 11) is 0. The van der Waals surface area contributed by atoms with E-state index < -0.39 is 0 Å². The Hall–Kier alpha value is -2.38. The second kappa shape index (κ2) is 9.41. The molecule has 150 valence electrons. The van der Waals surface area contributed by atoms with Crippen LogP contribution in [0.3, 0.4) is 0 Å². The number of thioether (sulfide) groups is 1. The third-order valence-corrected chi connectivity index (χ3v) is 5.86. The molecule has 0 bridgehead atoms. The summed E-state index contributed by atoms with van der Waals surface area (Å²) in [6.45, 7) is 10.4. The van der Waals surface area contributed by atoms with Crippen LogP contribution in [0.25, 0.3) is 11.4 Å². The molecular formula is C22H23BrN4OS. The fourth-order valence-corrected chi connectivity index (χ4v) is 4.45. The van der Waals surface area contributed by atoms with Gasteiger partial charge in [0.05, 0.1) is 5.75 Å². The van der Waals surface area contributed by atoms with Crippen molar-refractivity contribution in [1.82, 2.24) is 14.8 Å². The Balaban J connectivity index is 1.74. The van der Waals surface area contributed by atoms with Crippen molar-refractivity contribution in [3.8, 4) is 11.4 Å². The maximum atomic E-state index is 12.5. The van der Waals surface area contributed by atoms with Gasteiger partial charge in [-0.15, -0.1) is 16.8 Å². The molecule has 1 aromatic heterocycles. The number of amides is 1. The molecule has 0 spiro atoms. The van der Waals surface area contributed by atoms with Crippen LogP contribution in [0.1, 0.15) is 16.7 Å². The topological polar surface area (TPSA) is 59.8 Å². The third-order valence-electron chi connectivity index (χ3n) is 4.43. The largest absolute Gasteiger partial charge is 0.325 e. The van der Waals surface area contributed by atoms with Gasteiger partial charge in [-0.1, -0.05) is 63.6 Å². The number of hydrogen-bond acceptors (Lipinski definition) is 4. The van der Waals surface area contributed by atoms with Crippen molar-refractivity contribution >= 4 is 39.3 Å². The summed E-state index contributed by atoms with van der Waals surface area (Å²) in [5, 5.41) is 12.4. The molecule has 0 saturated heterocycles. The molecule has 1 amide bonds. The zero-order valence-electron chi connectivity index (χ0n) is 16.7. The van der Waals surface area contributed by atoms with Crippen molar-refractivity contribution in [3.05, 3.63) is 70.2 Å². The standard InChI is InChI=1S/C22H23BrN4OS/c1-5-10-27-21(17-8-6-14(2)7-9-17)25-26-22(27)29-13-19(28)24-20-15(3)11-18(23)12-16(20)4/h5-9,11-12H,1,10,13H2,2-4H3,(H,24,28). The summed E-state index contributed by atoms with van der Waals surface area (Å²) in [6, 6.07) is 12.1. The number of benzene rings is 2. The lowest BCUT2D eigenvalue weighted by Gasteiger charge is -2.12. The fourth-order valence-electron chi connectivity index (χ4n) is 3.02. The summed E-state index contributed by atoms with van der Waals surface area (Å²) in [4.78, 5) is 12.5. The SMILES string of the molecule is C=CCn1c(SCC(=O)Nc2c(C)cc(Br)cc2C)nnc1-c1ccc(C)cc1. The number of nitrogens with one attached hydrogen (secondary N) is 1. The molecule has 5 nitrogen and oxygen atoms in total. The van der Waals surface area contributed by atoms with E-state index in [-0.39, 0.29) is 11.7 Å². The van der Waals surface area contributed by atoms with E-state index in [1.165, 1.54) is 17.3 Å². The molecule has 3 rings (SSSR count). The minimum Gasteiger partial charge on any atom is -0.325 e. The van der Waals surface area contributed by atoms with Gasteiger partial charge in [0.1, 0.15) is 0 Å². The molecule has 0 aliphatic carbocycles. The molecule has 0 aliphatic heterocycles. The number of aromatic nitrogens is 3. The number of halogens is 1. The van der Waals surface area contributed by atoms with E-state index in [2.05, 4.69) is 38.0 Å². The van der Waals surface area contributed by atoms with Gasteiger partial charge in [0, 0.05) is 22.3 Å². The first-order chi connectivity index (χ1) is 13.9. The Bertz CT molecular complexity index is 1020. The third kappa shape index (κ3) is 5.16. The fraction of sp³-hybridized carbons (Fsp3) is 0.227. The van der Waals surface area contributed by atoms with Crippen molar-refractivity contribution in [2.45, 2.75) is 32.5 Å². The molecule has 0 fully saturated rings. The van der Waals surface area contributed by atoms with E-state index in [4.69, 9.17) is 0 Å². The lowest BCUT2D eigenvalue weighted by Crippen LogP contribution is -2.16. The van der Waals surface area contributed by atoms with Crippen molar-refractivity contribution < 1.29 is 4.79 Å². The molecule has 2 aromatic carbocycles. The molecule has 0 unspecified atom stereocenters. The predicted octanol–water partition coefficient (Wildman–Crippen LogP) is 5.55. The normalized spacial score (nSPS) is 10.8. The van der Waals surface area contributed by atoms with Crippen LogP contribution in [0.4, 0.5) is 5.69 Å². The Morgan fingerprint density at radius 1 is 1.17 bits per heavy atom. The van der Waals surface area contributed by atoms with Crippen molar-refractivity contribution in [2.24, 2.45) is 0 Å². The minimum atomic E-state index is -0.0754. The monoisotopic (exact) mass is 470 g/mol. The van der Waals surface area contributed by atoms with Crippen LogP contribution >= 0.6 is 27.7 Å². The number of carbonyl (C=O) groups excluding carboxylic acids is 1. The van der Waals surface area contributed by atoms with E-state index in [0.717, 1.165) is 32.7 Å². The molecule has 3 aromatic rings. The summed E-state index contributed by atoms with van der Waals surface area (Å²) in [6.07, 6.45) is 1.81. The van der Waals surface area contributed by atoms with E-state index in [1.54, 1.807) is 6.08 Å². The summed E-state index contributed by atoms with van der Waals surface area (Å²) in [5.74, 6) is 0.943. The number of aryl methyl sites for hydroxylation is 3. The van der Waals surface area contributed by atoms with Gasteiger partial charge in [0.2, 0.25) is 5.91 Å². The number of nitrogens with zero attached hydrogens (tertiary/aromatic N) is 3. The van der Waals surface area contributed by atoms with Crippen molar-refractivity contribution in [2.75, 3.05) is 11.1 Å². The molecule has 7 heteroatoms. The lowest BCUT2D eigenvalue weighted by molar-refractivity contribution is -0.113. The van der Waals surface area contributed by atoms with Crippen LogP contribution in [0.5, 0.6) is 0 Å². The molecule has 0 radical (unpaired) electrons. The molecule has 0 aliphatic rings. The van der Waals surface area contributed by atoms with Crippen LogP contribution in [0.15, 0.2) is 58.7 Å². The predicted molar refractivity (Wildman–Crippen MR) is 123 cm³/mol. The van der Waals surface area contributed by atoms with Gasteiger partial charge in [-0.2, -0.15) is 0 Å². The summed E-state index contributed by atoms with van der Waals surface area (Å²) < 4.78 is 2.98. The van der Waals surface area contributed by atoms with E-state index in [1.807, 2.05) is 61.7 Å². The van der Waals surface area contributed by atoms with Crippen LogP contribution in [-0.2, 0) is 11.3 Å². The number of rotatable bonds is 7. The molecular weight excluding hydrogens is 448 g/mol. The van der Waals surface area contributed by atoms with Crippen LogP contribution in [-0.4, -0.2) is 26.4 Å². The highest BCUT2D eigenvalue weighted by Crippen LogP contribution is 2.27. The highest BCUT2D eigenvalue weighted by Gasteiger charge is 2.16. The average molecular weight is 471 g/mol. The van der Waals surface area contributed by atoms with Crippen LogP contribution < -0.4 is 5.32 Å². The van der Waals surface area contributed by atoms with E-state index in [9.17, 15) is 4.79 Å². The van der Waals surface area contributed by atoms with Crippen LogP contribution in [0, 0.1) is 20.8 Å². The lowest BCUT2D eigenvalue weighted by atomic mass is 10.1. The molecule has 29 heavy (non-hydrogen) atoms. The Kier molecular flexibility index (Phi) is 6.92. The number of allylic oxidation sites excluding steroid dienone is 1. The highest BCUT2D eigenvalue weighted by molar-refractivity contribution is 9.10. The Morgan fingerprint density at radius 3 is 2.45 bits per heavy atom. The van der Waals surface area contributed by atoms with Gasteiger partial charge in [0.15, 0.2) is 11.0 Å². The smallest absolute Gasteiger partial charge is 0.234 e. The Labute approximate surface area is 183 Å². The molecule has 0 saturated carbocycles. The Morgan fingerprint density at radius 2 is 1.83 bits per heavy atom. The number of carbonyl (C=O) groups is 1. The molecule has 0 atom stereocenters. The maximum Gasteiger partial charge on any atom is 0.234 e. The average Bonchev–Trinajstić information content (AvgIpc) is 3.06. The van der Waals surface area contributed by atoms with E-state index in [0.29, 0.717) is 11.7 Å².